The number of halogens is 1. The molecule has 0 saturated heterocycles. The molecule has 7 nitrogen and oxygen atoms in total. The predicted molar refractivity (Wildman–Crippen MR) is 102 cm³/mol. The van der Waals surface area contributed by atoms with Gasteiger partial charge in [-0.2, -0.15) is 5.10 Å². The molecule has 1 aromatic carbocycles. The zero-order chi connectivity index (χ0) is 18.4. The molecule has 140 valence electrons. The lowest BCUT2D eigenvalue weighted by Crippen LogP contribution is -2.38. The van der Waals surface area contributed by atoms with Crippen molar-refractivity contribution in [1.29, 1.82) is 0 Å². The minimum atomic E-state index is 0.535. The van der Waals surface area contributed by atoms with E-state index in [4.69, 9.17) is 21.1 Å². The Morgan fingerprint density at radius 1 is 1.31 bits per heavy atom. The van der Waals surface area contributed by atoms with E-state index in [1.165, 1.54) is 0 Å². The van der Waals surface area contributed by atoms with Crippen LogP contribution < -0.4 is 20.1 Å². The summed E-state index contributed by atoms with van der Waals surface area (Å²) in [7, 11) is 1.91. The minimum Gasteiger partial charge on any atom is -0.486 e. The molecule has 0 unspecified atom stereocenters. The monoisotopic (exact) mass is 377 g/mol. The van der Waals surface area contributed by atoms with E-state index in [2.05, 4.69) is 20.7 Å². The Kier molecular flexibility index (Phi) is 6.22. The number of hydrogen-bond acceptors (Lipinski definition) is 4. The maximum absolute atomic E-state index is 6.29. The van der Waals surface area contributed by atoms with Crippen molar-refractivity contribution >= 4 is 17.6 Å². The third-order valence-electron chi connectivity index (χ3n) is 4.03. The molecule has 2 heterocycles. The Bertz CT molecular complexity index is 775. The maximum Gasteiger partial charge on any atom is 0.191 e. The summed E-state index contributed by atoms with van der Waals surface area (Å²) in [5.41, 5.74) is 2.15. The number of aryl methyl sites for hydroxylation is 1. The van der Waals surface area contributed by atoms with Crippen LogP contribution in [0.15, 0.2) is 29.4 Å². The molecular weight excluding hydrogens is 354 g/mol. The zero-order valence-corrected chi connectivity index (χ0v) is 15.8. The van der Waals surface area contributed by atoms with Gasteiger partial charge in [-0.1, -0.05) is 11.6 Å². The lowest BCUT2D eigenvalue weighted by molar-refractivity contribution is 0.171. The number of nitrogens with zero attached hydrogens (tertiary/aromatic N) is 3. The second-order valence-corrected chi connectivity index (χ2v) is 6.33. The fraction of sp³-hybridized carbons (Fsp3) is 0.444. The average Bonchev–Trinajstić information content (AvgIpc) is 3.05. The van der Waals surface area contributed by atoms with Crippen molar-refractivity contribution in [1.82, 2.24) is 20.4 Å². The van der Waals surface area contributed by atoms with E-state index in [-0.39, 0.29) is 0 Å². The topological polar surface area (TPSA) is 72.7 Å². The first kappa shape index (κ1) is 18.4. The van der Waals surface area contributed by atoms with E-state index in [1.807, 2.05) is 36.9 Å². The highest BCUT2D eigenvalue weighted by atomic mass is 35.5. The number of ether oxygens (including phenoxy) is 2. The number of guanidine groups is 1. The molecule has 1 aliphatic heterocycles. The Hall–Kier alpha value is -2.41. The van der Waals surface area contributed by atoms with Gasteiger partial charge in [-0.25, -0.2) is 4.99 Å². The lowest BCUT2D eigenvalue weighted by Gasteiger charge is -2.20. The van der Waals surface area contributed by atoms with Gasteiger partial charge in [0.2, 0.25) is 0 Å². The third kappa shape index (κ3) is 4.60. The van der Waals surface area contributed by atoms with E-state index in [1.54, 1.807) is 6.20 Å². The van der Waals surface area contributed by atoms with Crippen molar-refractivity contribution in [2.45, 2.75) is 19.9 Å². The van der Waals surface area contributed by atoms with E-state index in [0.717, 1.165) is 42.5 Å². The molecule has 0 fully saturated rings. The van der Waals surface area contributed by atoms with Crippen LogP contribution in [-0.2, 0) is 20.0 Å². The van der Waals surface area contributed by atoms with Crippen molar-refractivity contribution in [3.8, 4) is 11.5 Å². The molecule has 0 spiro atoms. The number of aliphatic imine (C=N–C) groups is 1. The summed E-state index contributed by atoms with van der Waals surface area (Å²) in [6.45, 7) is 5.23. The molecule has 0 amide bonds. The first-order valence-electron chi connectivity index (χ1n) is 8.74. The van der Waals surface area contributed by atoms with Gasteiger partial charge in [-0.15, -0.1) is 0 Å². The van der Waals surface area contributed by atoms with Gasteiger partial charge in [0.05, 0.1) is 17.3 Å². The van der Waals surface area contributed by atoms with E-state index < -0.39 is 0 Å². The highest BCUT2D eigenvalue weighted by Crippen LogP contribution is 2.38. The van der Waals surface area contributed by atoms with Gasteiger partial charge in [0, 0.05) is 26.3 Å². The first-order chi connectivity index (χ1) is 12.7. The fourth-order valence-electron chi connectivity index (χ4n) is 2.69. The van der Waals surface area contributed by atoms with Gasteiger partial charge in [0.1, 0.15) is 13.2 Å². The van der Waals surface area contributed by atoms with Crippen molar-refractivity contribution < 1.29 is 9.47 Å². The molecule has 26 heavy (non-hydrogen) atoms. The predicted octanol–water partition coefficient (Wildman–Crippen LogP) is 2.14. The highest BCUT2D eigenvalue weighted by molar-refractivity contribution is 6.32. The van der Waals surface area contributed by atoms with Crippen molar-refractivity contribution in [2.75, 3.05) is 26.3 Å². The van der Waals surface area contributed by atoms with Crippen LogP contribution in [0.4, 0.5) is 0 Å². The molecule has 0 bridgehead atoms. The summed E-state index contributed by atoms with van der Waals surface area (Å²) in [6.07, 6.45) is 2.57. The van der Waals surface area contributed by atoms with Gasteiger partial charge in [0.25, 0.3) is 0 Å². The summed E-state index contributed by atoms with van der Waals surface area (Å²) in [5.74, 6) is 2.13. The van der Waals surface area contributed by atoms with Gasteiger partial charge in [-0.05, 0) is 37.1 Å². The Morgan fingerprint density at radius 2 is 2.15 bits per heavy atom. The second kappa shape index (κ2) is 8.80. The number of aromatic nitrogens is 2. The Labute approximate surface area is 158 Å². The molecule has 0 radical (unpaired) electrons. The van der Waals surface area contributed by atoms with Crippen molar-refractivity contribution in [3.05, 3.63) is 40.7 Å². The molecule has 1 aliphatic rings. The standard InChI is InChI=1S/C18H24ClN5O2/c1-3-20-18(22-12-14-5-7-23-24(14)2)21-6-4-13-10-15(19)17-16(11-13)25-8-9-26-17/h5,7,10-11H,3-4,6,8-9,12H2,1-2H3,(H2,20,21,22). The SMILES string of the molecule is CCNC(=NCc1ccnn1C)NCCc1cc(Cl)c2c(c1)OCCO2. The van der Waals surface area contributed by atoms with Crippen LogP contribution in [-0.4, -0.2) is 42.0 Å². The summed E-state index contributed by atoms with van der Waals surface area (Å²) in [5, 5.41) is 11.3. The summed E-state index contributed by atoms with van der Waals surface area (Å²) < 4.78 is 13.0. The van der Waals surface area contributed by atoms with Gasteiger partial charge < -0.3 is 20.1 Å². The van der Waals surface area contributed by atoms with Gasteiger partial charge in [-0.3, -0.25) is 4.68 Å². The molecule has 2 N–H and O–H groups in total. The van der Waals surface area contributed by atoms with Crippen LogP contribution in [0.2, 0.25) is 5.02 Å². The summed E-state index contributed by atoms with van der Waals surface area (Å²) in [6, 6.07) is 5.88. The lowest BCUT2D eigenvalue weighted by atomic mass is 10.1. The second-order valence-electron chi connectivity index (χ2n) is 5.92. The van der Waals surface area contributed by atoms with Crippen molar-refractivity contribution in [2.24, 2.45) is 12.0 Å². The zero-order valence-electron chi connectivity index (χ0n) is 15.1. The average molecular weight is 378 g/mol. The molecule has 0 aliphatic carbocycles. The molecule has 0 atom stereocenters. The summed E-state index contributed by atoms with van der Waals surface area (Å²) >= 11 is 6.29. The molecule has 8 heteroatoms. The van der Waals surface area contributed by atoms with Crippen LogP contribution in [0.5, 0.6) is 11.5 Å². The molecule has 0 saturated carbocycles. The number of rotatable bonds is 6. The van der Waals surface area contributed by atoms with Crippen LogP contribution in [0.1, 0.15) is 18.2 Å². The summed E-state index contributed by atoms with van der Waals surface area (Å²) in [4.78, 5) is 4.60. The minimum absolute atomic E-state index is 0.535. The first-order valence-corrected chi connectivity index (χ1v) is 9.12. The van der Waals surface area contributed by atoms with Crippen LogP contribution in [0, 0.1) is 0 Å². The highest BCUT2D eigenvalue weighted by Gasteiger charge is 2.16. The van der Waals surface area contributed by atoms with E-state index >= 15 is 0 Å². The smallest absolute Gasteiger partial charge is 0.191 e. The van der Waals surface area contributed by atoms with Gasteiger partial charge >= 0.3 is 0 Å². The number of hydrogen-bond donors (Lipinski definition) is 2. The number of benzene rings is 1. The quantitative estimate of drug-likeness (QED) is 0.596. The molecular formula is C18H24ClN5O2. The molecule has 3 rings (SSSR count). The molecule has 2 aromatic rings. The third-order valence-corrected chi connectivity index (χ3v) is 4.31. The van der Waals surface area contributed by atoms with Crippen molar-refractivity contribution in [3.63, 3.8) is 0 Å². The van der Waals surface area contributed by atoms with Crippen LogP contribution >= 0.6 is 11.6 Å². The van der Waals surface area contributed by atoms with E-state index in [0.29, 0.717) is 30.5 Å². The Morgan fingerprint density at radius 3 is 2.92 bits per heavy atom. The molecule has 1 aromatic heterocycles. The number of nitrogens with one attached hydrogen (secondary N) is 2. The van der Waals surface area contributed by atoms with Gasteiger partial charge in [0.15, 0.2) is 17.5 Å². The van der Waals surface area contributed by atoms with E-state index in [9.17, 15) is 0 Å². The normalized spacial score (nSPS) is 13.6. The van der Waals surface area contributed by atoms with Crippen LogP contribution in [0.3, 0.4) is 0 Å². The Balaban J connectivity index is 1.58. The largest absolute Gasteiger partial charge is 0.486 e. The van der Waals surface area contributed by atoms with Crippen LogP contribution in [0.25, 0.3) is 0 Å². The fourth-order valence-corrected chi connectivity index (χ4v) is 2.98. The number of fused-ring (bicyclic) bond motifs is 1. The maximum atomic E-state index is 6.29.